The van der Waals surface area contributed by atoms with Gasteiger partial charge in [0, 0.05) is 21.0 Å². The maximum Gasteiger partial charge on any atom is 0.141 e. The number of ether oxygens (including phenoxy) is 1. The summed E-state index contributed by atoms with van der Waals surface area (Å²) in [5.41, 5.74) is 0.872. The van der Waals surface area contributed by atoms with Crippen molar-refractivity contribution >= 4 is 75.1 Å². The van der Waals surface area contributed by atoms with Crippen molar-refractivity contribution in [2.24, 2.45) is 0 Å². The first-order valence-corrected chi connectivity index (χ1v) is 9.17. The maximum absolute atomic E-state index is 13.5. The van der Waals surface area contributed by atoms with Gasteiger partial charge in [-0.2, -0.15) is 0 Å². The molecule has 0 aliphatic rings. The molecule has 0 fully saturated rings. The van der Waals surface area contributed by atoms with E-state index in [0.717, 1.165) is 18.7 Å². The smallest absolute Gasteiger partial charge is 0.141 e. The van der Waals surface area contributed by atoms with Gasteiger partial charge in [-0.1, -0.05) is 15.9 Å². The zero-order chi connectivity index (χ0) is 14.2. The van der Waals surface area contributed by atoms with Crippen LogP contribution in [0.5, 0.6) is 5.75 Å². The molecule has 1 unspecified atom stereocenters. The van der Waals surface area contributed by atoms with Gasteiger partial charge in [-0.3, -0.25) is 0 Å². The fraction of sp³-hybridized carbons (Fsp3) is 0.167. The minimum absolute atomic E-state index is 0.0630. The lowest BCUT2D eigenvalue weighted by Crippen LogP contribution is -1.97. The Morgan fingerprint density at radius 1 is 1.16 bits per heavy atom. The van der Waals surface area contributed by atoms with Crippen LogP contribution in [0.4, 0.5) is 4.39 Å². The molecule has 0 aliphatic heterocycles. The molecule has 102 valence electrons. The van der Waals surface area contributed by atoms with E-state index in [9.17, 15) is 4.39 Å². The standard InChI is InChI=1S/C12H7Br4FOS/c1-18-9-4-8(17)6(13)2-5(9)11(15)10-3-7(14)12(16)19-10/h2-4,11H,1H3. The fourth-order valence-corrected chi connectivity index (χ4v) is 4.78. The van der Waals surface area contributed by atoms with Gasteiger partial charge in [-0.25, -0.2) is 4.39 Å². The highest BCUT2D eigenvalue weighted by atomic mass is 79.9. The number of hydrogen-bond acceptors (Lipinski definition) is 2. The van der Waals surface area contributed by atoms with Crippen molar-refractivity contribution in [3.63, 3.8) is 0 Å². The molecule has 1 atom stereocenters. The van der Waals surface area contributed by atoms with Gasteiger partial charge < -0.3 is 4.74 Å². The number of benzene rings is 1. The quantitative estimate of drug-likeness (QED) is 0.398. The van der Waals surface area contributed by atoms with Crippen molar-refractivity contribution in [1.29, 1.82) is 0 Å². The predicted octanol–water partition coefficient (Wildman–Crippen LogP) is 6.67. The number of rotatable bonds is 3. The molecular weight excluding hydrogens is 531 g/mol. The van der Waals surface area contributed by atoms with E-state index in [-0.39, 0.29) is 10.6 Å². The van der Waals surface area contributed by atoms with Crippen LogP contribution in [0.2, 0.25) is 0 Å². The molecule has 1 heterocycles. The van der Waals surface area contributed by atoms with E-state index in [1.807, 2.05) is 6.07 Å². The largest absolute Gasteiger partial charge is 0.496 e. The summed E-state index contributed by atoms with van der Waals surface area (Å²) in [5, 5.41) is 0. The lowest BCUT2D eigenvalue weighted by molar-refractivity contribution is 0.406. The van der Waals surface area contributed by atoms with Gasteiger partial charge in [-0.05, 0) is 59.9 Å². The monoisotopic (exact) mass is 534 g/mol. The molecule has 0 bridgehead atoms. The lowest BCUT2D eigenvalue weighted by Gasteiger charge is -2.14. The minimum atomic E-state index is -0.339. The van der Waals surface area contributed by atoms with E-state index in [2.05, 4.69) is 63.7 Å². The highest BCUT2D eigenvalue weighted by Gasteiger charge is 2.20. The highest BCUT2D eigenvalue weighted by Crippen LogP contribution is 2.44. The molecule has 0 saturated carbocycles. The van der Waals surface area contributed by atoms with E-state index in [1.165, 1.54) is 13.2 Å². The second-order valence-corrected chi connectivity index (χ2v) is 8.67. The van der Waals surface area contributed by atoms with Gasteiger partial charge >= 0.3 is 0 Å². The molecule has 0 spiro atoms. The molecule has 19 heavy (non-hydrogen) atoms. The van der Waals surface area contributed by atoms with Crippen LogP contribution in [0.25, 0.3) is 0 Å². The molecule has 2 aromatic rings. The average Bonchev–Trinajstić information content (AvgIpc) is 2.71. The first-order valence-electron chi connectivity index (χ1n) is 5.05. The maximum atomic E-state index is 13.5. The number of methoxy groups -OCH3 is 1. The van der Waals surface area contributed by atoms with Crippen LogP contribution in [0, 0.1) is 5.82 Å². The molecule has 1 nitrogen and oxygen atoms in total. The Kier molecular flexibility index (Phi) is 5.50. The summed E-state index contributed by atoms with van der Waals surface area (Å²) in [6.45, 7) is 0. The molecule has 7 heteroatoms. The summed E-state index contributed by atoms with van der Waals surface area (Å²) in [7, 11) is 1.53. The Labute approximate surface area is 148 Å². The SMILES string of the molecule is COc1cc(F)c(Br)cc1C(Br)c1cc(Br)c(Br)s1. The zero-order valence-corrected chi connectivity index (χ0v) is 16.7. The molecule has 0 saturated heterocycles. The molecular formula is C12H7Br4FOS. The van der Waals surface area contributed by atoms with E-state index in [4.69, 9.17) is 4.74 Å². The Morgan fingerprint density at radius 2 is 1.84 bits per heavy atom. The van der Waals surface area contributed by atoms with Gasteiger partial charge in [0.2, 0.25) is 0 Å². The Balaban J connectivity index is 2.48. The number of thiophene rings is 1. The number of hydrogen-bond donors (Lipinski definition) is 0. The topological polar surface area (TPSA) is 9.23 Å². The first kappa shape index (κ1) is 15.9. The van der Waals surface area contributed by atoms with E-state index in [1.54, 1.807) is 17.4 Å². The molecule has 1 aromatic carbocycles. The average molecular weight is 538 g/mol. The summed E-state index contributed by atoms with van der Waals surface area (Å²) in [5.74, 6) is 0.178. The van der Waals surface area contributed by atoms with E-state index in [0.29, 0.717) is 10.2 Å². The van der Waals surface area contributed by atoms with Crippen LogP contribution in [0.1, 0.15) is 15.3 Å². The third-order valence-corrected chi connectivity index (χ3v) is 7.68. The van der Waals surface area contributed by atoms with Crippen molar-refractivity contribution in [2.45, 2.75) is 4.83 Å². The summed E-state index contributed by atoms with van der Waals surface area (Å²) in [6, 6.07) is 5.13. The summed E-state index contributed by atoms with van der Waals surface area (Å²) in [6.07, 6.45) is 0. The molecule has 0 amide bonds. The van der Waals surface area contributed by atoms with Crippen molar-refractivity contribution in [3.8, 4) is 5.75 Å². The van der Waals surface area contributed by atoms with Gasteiger partial charge in [-0.15, -0.1) is 11.3 Å². The van der Waals surface area contributed by atoms with E-state index < -0.39 is 0 Å². The zero-order valence-electron chi connectivity index (χ0n) is 9.52. The van der Waals surface area contributed by atoms with Crippen LogP contribution in [0.15, 0.2) is 30.9 Å². The predicted molar refractivity (Wildman–Crippen MR) is 91.1 cm³/mol. The van der Waals surface area contributed by atoms with Crippen LogP contribution in [-0.4, -0.2) is 7.11 Å². The van der Waals surface area contributed by atoms with Gasteiger partial charge in [0.25, 0.3) is 0 Å². The number of alkyl halides is 1. The van der Waals surface area contributed by atoms with Crippen LogP contribution in [-0.2, 0) is 0 Å². The second-order valence-electron chi connectivity index (χ2n) is 3.64. The summed E-state index contributed by atoms with van der Waals surface area (Å²) >= 11 is 15.4. The van der Waals surface area contributed by atoms with Crippen molar-refractivity contribution < 1.29 is 9.13 Å². The molecule has 0 radical (unpaired) electrons. The molecule has 0 aliphatic carbocycles. The normalized spacial score (nSPS) is 12.5. The molecule has 2 rings (SSSR count). The highest BCUT2D eigenvalue weighted by molar-refractivity contribution is 9.13. The van der Waals surface area contributed by atoms with Crippen LogP contribution >= 0.6 is 75.1 Å². The Bertz CT molecular complexity index is 595. The minimum Gasteiger partial charge on any atom is -0.496 e. The third-order valence-electron chi connectivity index (χ3n) is 2.46. The van der Waals surface area contributed by atoms with Crippen molar-refractivity contribution in [3.05, 3.63) is 47.2 Å². The van der Waals surface area contributed by atoms with Crippen molar-refractivity contribution in [1.82, 2.24) is 0 Å². The van der Waals surface area contributed by atoms with Crippen LogP contribution < -0.4 is 4.74 Å². The lowest BCUT2D eigenvalue weighted by atomic mass is 10.1. The van der Waals surface area contributed by atoms with Gasteiger partial charge in [0.15, 0.2) is 0 Å². The molecule has 0 N–H and O–H groups in total. The summed E-state index contributed by atoms with van der Waals surface area (Å²) < 4.78 is 21.2. The first-order chi connectivity index (χ1) is 8.93. The third kappa shape index (κ3) is 3.43. The van der Waals surface area contributed by atoms with Crippen LogP contribution in [0.3, 0.4) is 0 Å². The van der Waals surface area contributed by atoms with Gasteiger partial charge in [0.1, 0.15) is 11.6 Å². The van der Waals surface area contributed by atoms with Crippen molar-refractivity contribution in [2.75, 3.05) is 7.11 Å². The Morgan fingerprint density at radius 3 is 2.37 bits per heavy atom. The van der Waals surface area contributed by atoms with Gasteiger partial charge in [0.05, 0.1) is 20.2 Å². The summed E-state index contributed by atoms with van der Waals surface area (Å²) in [4.78, 5) is 1.03. The number of halogens is 5. The second kappa shape index (κ2) is 6.56. The Hall–Kier alpha value is 0.570. The molecule has 1 aromatic heterocycles. The van der Waals surface area contributed by atoms with E-state index >= 15 is 0 Å². The fourth-order valence-electron chi connectivity index (χ4n) is 1.56.